The summed E-state index contributed by atoms with van der Waals surface area (Å²) >= 11 is 6.15. The van der Waals surface area contributed by atoms with Crippen molar-refractivity contribution in [3.8, 4) is 0 Å². The van der Waals surface area contributed by atoms with Crippen molar-refractivity contribution in [2.75, 3.05) is 5.32 Å². The molecule has 0 aliphatic rings. The Morgan fingerprint density at radius 1 is 1.23 bits per heavy atom. The van der Waals surface area contributed by atoms with E-state index in [1.165, 1.54) is 6.92 Å². The first-order valence-corrected chi connectivity index (χ1v) is 9.11. The molecule has 4 aromatic rings. The van der Waals surface area contributed by atoms with Gasteiger partial charge in [-0.3, -0.25) is 9.48 Å². The Morgan fingerprint density at radius 2 is 2.03 bits per heavy atom. The number of benzene rings is 1. The summed E-state index contributed by atoms with van der Waals surface area (Å²) in [6.07, 6.45) is -1.23. The minimum absolute atomic E-state index is 0.106. The number of hydrogen-bond acceptors (Lipinski definition) is 4. The minimum Gasteiger partial charge on any atom is -0.321 e. The fourth-order valence-electron chi connectivity index (χ4n) is 2.98. The van der Waals surface area contributed by atoms with Crippen molar-refractivity contribution in [1.29, 1.82) is 0 Å². The van der Waals surface area contributed by atoms with Gasteiger partial charge in [-0.05, 0) is 36.8 Å². The molecule has 1 aromatic carbocycles. The number of aromatic nitrogens is 5. The highest BCUT2D eigenvalue weighted by molar-refractivity contribution is 6.37. The Kier molecular flexibility index (Phi) is 4.94. The predicted octanol–water partition coefficient (Wildman–Crippen LogP) is 4.21. The number of alkyl halides is 3. The molecule has 4 rings (SSSR count). The number of nitrogens with one attached hydrogen (secondary N) is 1. The maximum absolute atomic E-state index is 13.3. The van der Waals surface area contributed by atoms with Crippen molar-refractivity contribution in [2.24, 2.45) is 0 Å². The molecule has 11 heteroatoms. The third-order valence-corrected chi connectivity index (χ3v) is 4.60. The van der Waals surface area contributed by atoms with Crippen LogP contribution in [0.25, 0.3) is 5.65 Å². The lowest BCUT2D eigenvalue weighted by molar-refractivity contribution is -0.142. The number of halogens is 4. The summed E-state index contributed by atoms with van der Waals surface area (Å²) < 4.78 is 42.3. The molecule has 0 radical (unpaired) electrons. The minimum atomic E-state index is -4.68. The van der Waals surface area contributed by atoms with E-state index in [1.807, 2.05) is 6.07 Å². The van der Waals surface area contributed by atoms with Crippen LogP contribution < -0.4 is 5.32 Å². The maximum Gasteiger partial charge on any atom is 0.433 e. The molecular formula is C19H14ClF3N6O. The molecule has 0 saturated heterocycles. The Bertz CT molecular complexity index is 1230. The van der Waals surface area contributed by atoms with E-state index >= 15 is 0 Å². The van der Waals surface area contributed by atoms with Gasteiger partial charge in [0.05, 0.1) is 6.54 Å². The zero-order chi connectivity index (χ0) is 21.5. The lowest BCUT2D eigenvalue weighted by Gasteiger charge is -2.09. The van der Waals surface area contributed by atoms with Gasteiger partial charge in [0.2, 0.25) is 0 Å². The highest BCUT2D eigenvalue weighted by Crippen LogP contribution is 2.32. The van der Waals surface area contributed by atoms with E-state index in [9.17, 15) is 18.0 Å². The SMILES string of the molecule is Cc1cc(C(F)(F)F)n2nc(C(=O)Nc3cccc(Cn4cccn4)c3)c(Cl)c2n1. The van der Waals surface area contributed by atoms with Crippen molar-refractivity contribution >= 4 is 28.8 Å². The van der Waals surface area contributed by atoms with Gasteiger partial charge in [0.15, 0.2) is 11.3 Å². The van der Waals surface area contributed by atoms with Gasteiger partial charge in [-0.1, -0.05) is 23.7 Å². The molecule has 0 aliphatic carbocycles. The molecule has 0 unspecified atom stereocenters. The van der Waals surface area contributed by atoms with Crippen molar-refractivity contribution in [1.82, 2.24) is 24.4 Å². The van der Waals surface area contributed by atoms with Gasteiger partial charge in [-0.15, -0.1) is 0 Å². The van der Waals surface area contributed by atoms with Gasteiger partial charge in [-0.2, -0.15) is 23.4 Å². The van der Waals surface area contributed by atoms with Crippen LogP contribution in [0.2, 0.25) is 5.02 Å². The molecule has 0 atom stereocenters. The molecule has 0 fully saturated rings. The van der Waals surface area contributed by atoms with Crippen molar-refractivity contribution < 1.29 is 18.0 Å². The average molecular weight is 435 g/mol. The first kappa shape index (κ1) is 19.9. The third kappa shape index (κ3) is 3.86. The normalized spacial score (nSPS) is 11.8. The number of anilines is 1. The Morgan fingerprint density at radius 3 is 2.73 bits per heavy atom. The molecule has 30 heavy (non-hydrogen) atoms. The van der Waals surface area contributed by atoms with Crippen LogP contribution in [-0.2, 0) is 12.7 Å². The van der Waals surface area contributed by atoms with E-state index in [0.29, 0.717) is 16.7 Å². The molecule has 0 saturated carbocycles. The standard InChI is InChI=1S/C19H14ClF3N6O/c1-11-8-14(19(21,22)23)29-17(25-11)15(20)16(27-29)18(30)26-13-5-2-4-12(9-13)10-28-7-3-6-24-28/h2-9H,10H2,1H3,(H,26,30). The number of nitrogens with zero attached hydrogens (tertiary/aromatic N) is 5. The number of hydrogen-bond donors (Lipinski definition) is 1. The molecule has 0 bridgehead atoms. The summed E-state index contributed by atoms with van der Waals surface area (Å²) in [6, 6.07) is 9.62. The maximum atomic E-state index is 13.3. The molecule has 0 spiro atoms. The quantitative estimate of drug-likeness (QED) is 0.522. The molecule has 0 aliphatic heterocycles. The number of carbonyl (C=O) groups is 1. The largest absolute Gasteiger partial charge is 0.433 e. The fraction of sp³-hybridized carbons (Fsp3) is 0.158. The lowest BCUT2D eigenvalue weighted by Crippen LogP contribution is -2.16. The molecule has 3 heterocycles. The van der Waals surface area contributed by atoms with Crippen LogP contribution in [-0.4, -0.2) is 30.3 Å². The van der Waals surface area contributed by atoms with Crippen LogP contribution in [0.3, 0.4) is 0 Å². The second kappa shape index (κ2) is 7.45. The summed E-state index contributed by atoms with van der Waals surface area (Å²) in [5.74, 6) is -0.743. The number of fused-ring (bicyclic) bond motifs is 1. The highest BCUT2D eigenvalue weighted by Gasteiger charge is 2.36. The molecule has 3 aromatic heterocycles. The summed E-state index contributed by atoms with van der Waals surface area (Å²) in [6.45, 7) is 1.90. The van der Waals surface area contributed by atoms with E-state index in [1.54, 1.807) is 41.3 Å². The van der Waals surface area contributed by atoms with Gasteiger partial charge in [0.1, 0.15) is 10.7 Å². The van der Waals surface area contributed by atoms with E-state index in [-0.39, 0.29) is 22.1 Å². The molecular weight excluding hydrogens is 421 g/mol. The second-order valence-electron chi connectivity index (χ2n) is 6.54. The van der Waals surface area contributed by atoms with Gasteiger partial charge in [0, 0.05) is 23.8 Å². The van der Waals surface area contributed by atoms with Gasteiger partial charge in [-0.25, -0.2) is 9.50 Å². The van der Waals surface area contributed by atoms with Crippen LogP contribution in [0, 0.1) is 6.92 Å². The van der Waals surface area contributed by atoms with E-state index < -0.39 is 17.8 Å². The fourth-order valence-corrected chi connectivity index (χ4v) is 3.22. The lowest BCUT2D eigenvalue weighted by atomic mass is 10.2. The smallest absolute Gasteiger partial charge is 0.321 e. The van der Waals surface area contributed by atoms with Crippen molar-refractivity contribution in [3.63, 3.8) is 0 Å². The number of aryl methyl sites for hydroxylation is 1. The average Bonchev–Trinajstić information content (AvgIpc) is 3.29. The highest BCUT2D eigenvalue weighted by atomic mass is 35.5. The van der Waals surface area contributed by atoms with Crippen LogP contribution in [0.1, 0.15) is 27.4 Å². The number of carbonyl (C=O) groups excluding carboxylic acids is 1. The Balaban J connectivity index is 1.65. The van der Waals surface area contributed by atoms with E-state index in [2.05, 4.69) is 20.5 Å². The summed E-state index contributed by atoms with van der Waals surface area (Å²) in [5, 5.41) is 10.3. The number of amides is 1. The molecule has 7 nitrogen and oxygen atoms in total. The molecule has 154 valence electrons. The van der Waals surface area contributed by atoms with Gasteiger partial charge in [0.25, 0.3) is 5.91 Å². The predicted molar refractivity (Wildman–Crippen MR) is 103 cm³/mol. The first-order valence-electron chi connectivity index (χ1n) is 8.73. The van der Waals surface area contributed by atoms with Crippen LogP contribution in [0.5, 0.6) is 0 Å². The van der Waals surface area contributed by atoms with Gasteiger partial charge >= 0.3 is 6.18 Å². The van der Waals surface area contributed by atoms with Crippen LogP contribution in [0.15, 0.2) is 48.8 Å². The summed E-state index contributed by atoms with van der Waals surface area (Å²) in [4.78, 5) is 16.7. The Hall–Kier alpha value is -3.40. The van der Waals surface area contributed by atoms with Crippen molar-refractivity contribution in [2.45, 2.75) is 19.6 Å². The van der Waals surface area contributed by atoms with E-state index in [4.69, 9.17) is 11.6 Å². The monoisotopic (exact) mass is 434 g/mol. The zero-order valence-corrected chi connectivity index (χ0v) is 16.2. The first-order chi connectivity index (χ1) is 14.2. The molecule has 1 amide bonds. The van der Waals surface area contributed by atoms with Gasteiger partial charge < -0.3 is 5.32 Å². The summed E-state index contributed by atoms with van der Waals surface area (Å²) in [7, 11) is 0. The Labute approximate surface area is 173 Å². The summed E-state index contributed by atoms with van der Waals surface area (Å²) in [5.41, 5.74) is -0.228. The van der Waals surface area contributed by atoms with Crippen LogP contribution >= 0.6 is 11.6 Å². The topological polar surface area (TPSA) is 77.1 Å². The number of rotatable bonds is 4. The zero-order valence-electron chi connectivity index (χ0n) is 15.5. The van der Waals surface area contributed by atoms with Crippen molar-refractivity contribution in [3.05, 3.63) is 76.5 Å². The third-order valence-electron chi connectivity index (χ3n) is 4.26. The van der Waals surface area contributed by atoms with Crippen LogP contribution in [0.4, 0.5) is 18.9 Å². The second-order valence-corrected chi connectivity index (χ2v) is 6.91. The van der Waals surface area contributed by atoms with E-state index in [0.717, 1.165) is 11.6 Å². The molecule has 1 N–H and O–H groups in total.